The van der Waals surface area contributed by atoms with Gasteiger partial charge in [-0.3, -0.25) is 9.59 Å². The van der Waals surface area contributed by atoms with E-state index in [-0.39, 0.29) is 32.0 Å². The Balaban J connectivity index is 1.86. The normalized spacial score (nSPS) is 20.5. The highest BCUT2D eigenvalue weighted by atomic mass is 19.1. The summed E-state index contributed by atoms with van der Waals surface area (Å²) in [6.45, 7) is 0.559. The van der Waals surface area contributed by atoms with Crippen LogP contribution in [0.5, 0.6) is 5.75 Å². The fourth-order valence-electron chi connectivity index (χ4n) is 2.59. The van der Waals surface area contributed by atoms with Gasteiger partial charge in [-0.05, 0) is 25.0 Å². The quantitative estimate of drug-likeness (QED) is 0.758. The van der Waals surface area contributed by atoms with Crippen LogP contribution in [0.15, 0.2) is 30.3 Å². The lowest BCUT2D eigenvalue weighted by molar-refractivity contribution is -0.144. The number of carbonyl (C=O) groups is 2. The molecule has 1 aliphatic rings. The van der Waals surface area contributed by atoms with E-state index in [0.717, 1.165) is 0 Å². The first-order valence-electron chi connectivity index (χ1n) is 7.97. The van der Waals surface area contributed by atoms with Crippen molar-refractivity contribution < 1.29 is 23.5 Å². The number of nitrogens with zero attached hydrogens (tertiary/aromatic N) is 1. The summed E-state index contributed by atoms with van der Waals surface area (Å²) in [7, 11) is 1.51. The molecule has 6 nitrogen and oxygen atoms in total. The molecule has 7 heteroatoms. The highest BCUT2D eigenvalue weighted by Crippen LogP contribution is 2.26. The number of alkyl halides is 1. The molecule has 1 unspecified atom stereocenters. The van der Waals surface area contributed by atoms with Crippen molar-refractivity contribution in [3.63, 3.8) is 0 Å². The Hall–Kier alpha value is -2.15. The molecule has 0 radical (unpaired) electrons. The largest absolute Gasteiger partial charge is 0.484 e. The molecule has 1 atom stereocenters. The predicted octanol–water partition coefficient (Wildman–Crippen LogP) is 1.16. The smallest absolute Gasteiger partial charge is 0.260 e. The van der Waals surface area contributed by atoms with Gasteiger partial charge in [0.2, 0.25) is 5.67 Å². The van der Waals surface area contributed by atoms with Crippen molar-refractivity contribution in [3.8, 4) is 5.75 Å². The molecule has 0 aromatic heterocycles. The molecule has 1 aliphatic heterocycles. The van der Waals surface area contributed by atoms with E-state index in [1.54, 1.807) is 24.3 Å². The second-order valence-corrected chi connectivity index (χ2v) is 5.73. The number of methoxy groups -OCH3 is 1. The number of nitrogens with one attached hydrogen (secondary N) is 1. The van der Waals surface area contributed by atoms with E-state index < -0.39 is 11.6 Å². The number of benzene rings is 1. The lowest BCUT2D eigenvalue weighted by atomic mass is 9.93. The summed E-state index contributed by atoms with van der Waals surface area (Å²) in [5.74, 6) is -0.446. The Morgan fingerprint density at radius 3 is 2.79 bits per heavy atom. The van der Waals surface area contributed by atoms with Gasteiger partial charge in [0.05, 0.1) is 13.2 Å². The van der Waals surface area contributed by atoms with Gasteiger partial charge in [-0.15, -0.1) is 0 Å². The predicted molar refractivity (Wildman–Crippen MR) is 86.5 cm³/mol. The molecule has 2 amide bonds. The summed E-state index contributed by atoms with van der Waals surface area (Å²) >= 11 is 0. The minimum atomic E-state index is -2.06. The number of ether oxygens (including phenoxy) is 2. The molecule has 1 saturated heterocycles. The van der Waals surface area contributed by atoms with Crippen LogP contribution in [0.2, 0.25) is 0 Å². The van der Waals surface area contributed by atoms with Gasteiger partial charge in [0.15, 0.2) is 6.61 Å². The van der Waals surface area contributed by atoms with E-state index in [9.17, 15) is 14.0 Å². The number of likely N-dealkylation sites (tertiary alicyclic amines) is 1. The van der Waals surface area contributed by atoms with Crippen molar-refractivity contribution in [2.24, 2.45) is 0 Å². The Bertz CT molecular complexity index is 555. The first-order valence-corrected chi connectivity index (χ1v) is 7.97. The van der Waals surface area contributed by atoms with Crippen molar-refractivity contribution in [3.05, 3.63) is 30.3 Å². The van der Waals surface area contributed by atoms with Crippen LogP contribution in [0.25, 0.3) is 0 Å². The van der Waals surface area contributed by atoms with E-state index >= 15 is 0 Å². The van der Waals surface area contributed by atoms with Gasteiger partial charge in [0.25, 0.3) is 11.8 Å². The van der Waals surface area contributed by atoms with Crippen LogP contribution in [0.1, 0.15) is 12.8 Å². The average Bonchev–Trinajstić information content (AvgIpc) is 2.60. The summed E-state index contributed by atoms with van der Waals surface area (Å²) in [6, 6.07) is 8.94. The topological polar surface area (TPSA) is 67.9 Å². The number of rotatable bonds is 7. The fourth-order valence-corrected chi connectivity index (χ4v) is 2.59. The molecule has 1 heterocycles. The van der Waals surface area contributed by atoms with Gasteiger partial charge < -0.3 is 19.7 Å². The van der Waals surface area contributed by atoms with E-state index in [1.165, 1.54) is 12.0 Å². The molecule has 0 spiro atoms. The minimum Gasteiger partial charge on any atom is -0.484 e. The molecular formula is C17H23FN2O4. The SMILES string of the molecule is COCCNC(=O)C1(F)CCCN(C(=O)COc2ccccc2)C1. The van der Waals surface area contributed by atoms with Gasteiger partial charge in [-0.2, -0.15) is 0 Å². The van der Waals surface area contributed by atoms with Gasteiger partial charge in [-0.25, -0.2) is 4.39 Å². The maximum atomic E-state index is 14.9. The number of carbonyl (C=O) groups excluding carboxylic acids is 2. The Labute approximate surface area is 140 Å². The summed E-state index contributed by atoms with van der Waals surface area (Å²) < 4.78 is 25.1. The van der Waals surface area contributed by atoms with Crippen LogP contribution in [0, 0.1) is 0 Å². The van der Waals surface area contributed by atoms with Crippen molar-refractivity contribution in [2.75, 3.05) is 40.0 Å². The van der Waals surface area contributed by atoms with E-state index in [4.69, 9.17) is 9.47 Å². The molecule has 0 bridgehead atoms. The van der Waals surface area contributed by atoms with E-state index in [2.05, 4.69) is 5.32 Å². The number of amides is 2. The lowest BCUT2D eigenvalue weighted by Crippen LogP contribution is -2.56. The van der Waals surface area contributed by atoms with Crippen molar-refractivity contribution in [1.29, 1.82) is 0 Å². The molecular weight excluding hydrogens is 315 g/mol. The average molecular weight is 338 g/mol. The number of hydrogen-bond donors (Lipinski definition) is 1. The third-order valence-corrected chi connectivity index (χ3v) is 3.90. The lowest BCUT2D eigenvalue weighted by Gasteiger charge is -2.36. The third-order valence-electron chi connectivity index (χ3n) is 3.90. The van der Waals surface area contributed by atoms with Crippen molar-refractivity contribution in [1.82, 2.24) is 10.2 Å². The second-order valence-electron chi connectivity index (χ2n) is 5.73. The summed E-state index contributed by atoms with van der Waals surface area (Å²) in [5.41, 5.74) is -2.06. The van der Waals surface area contributed by atoms with Gasteiger partial charge in [0.1, 0.15) is 5.75 Å². The van der Waals surface area contributed by atoms with Gasteiger partial charge in [-0.1, -0.05) is 18.2 Å². The summed E-state index contributed by atoms with van der Waals surface area (Å²) in [4.78, 5) is 25.6. The molecule has 0 saturated carbocycles. The van der Waals surface area contributed by atoms with Crippen LogP contribution in [0.4, 0.5) is 4.39 Å². The molecule has 132 valence electrons. The zero-order chi connectivity index (χ0) is 17.4. The van der Waals surface area contributed by atoms with Gasteiger partial charge in [0, 0.05) is 20.2 Å². The molecule has 24 heavy (non-hydrogen) atoms. The van der Waals surface area contributed by atoms with Crippen molar-refractivity contribution in [2.45, 2.75) is 18.5 Å². The van der Waals surface area contributed by atoms with Crippen molar-refractivity contribution >= 4 is 11.8 Å². The Kier molecular flexibility index (Phi) is 6.54. The van der Waals surface area contributed by atoms with E-state index in [0.29, 0.717) is 25.3 Å². The molecule has 1 fully saturated rings. The number of halogens is 1. The fraction of sp³-hybridized carbons (Fsp3) is 0.529. The zero-order valence-corrected chi connectivity index (χ0v) is 13.8. The monoisotopic (exact) mass is 338 g/mol. The van der Waals surface area contributed by atoms with Crippen LogP contribution < -0.4 is 10.1 Å². The first-order chi connectivity index (χ1) is 11.5. The maximum Gasteiger partial charge on any atom is 0.260 e. The number of piperidine rings is 1. The third kappa shape index (κ3) is 4.92. The van der Waals surface area contributed by atoms with E-state index in [1.807, 2.05) is 6.07 Å². The maximum absolute atomic E-state index is 14.9. The Morgan fingerprint density at radius 2 is 2.08 bits per heavy atom. The minimum absolute atomic E-state index is 0.106. The van der Waals surface area contributed by atoms with Crippen LogP contribution in [0.3, 0.4) is 0 Å². The Morgan fingerprint density at radius 1 is 1.33 bits per heavy atom. The van der Waals surface area contributed by atoms with Crippen LogP contribution in [-0.4, -0.2) is 62.3 Å². The summed E-state index contributed by atoms with van der Waals surface area (Å²) in [6.07, 6.45) is 0.542. The second kappa shape index (κ2) is 8.63. The molecule has 1 aromatic rings. The van der Waals surface area contributed by atoms with Gasteiger partial charge >= 0.3 is 0 Å². The molecule has 0 aliphatic carbocycles. The molecule has 1 N–H and O–H groups in total. The highest BCUT2D eigenvalue weighted by molar-refractivity contribution is 5.87. The van der Waals surface area contributed by atoms with Crippen LogP contribution in [-0.2, 0) is 14.3 Å². The number of para-hydroxylation sites is 1. The zero-order valence-electron chi connectivity index (χ0n) is 13.8. The molecule has 1 aromatic carbocycles. The number of hydrogen-bond acceptors (Lipinski definition) is 4. The molecule has 2 rings (SSSR count). The standard InChI is InChI=1S/C17H23FN2O4/c1-23-11-9-19-16(22)17(18)8-5-10-20(13-17)15(21)12-24-14-6-3-2-4-7-14/h2-4,6-7H,5,8-13H2,1H3,(H,19,22). The highest BCUT2D eigenvalue weighted by Gasteiger charge is 2.43. The summed E-state index contributed by atoms with van der Waals surface area (Å²) in [5, 5.41) is 2.50. The van der Waals surface area contributed by atoms with Crippen LogP contribution >= 0.6 is 0 Å². The first kappa shape index (κ1) is 18.2.